The van der Waals surface area contributed by atoms with Gasteiger partial charge in [0.25, 0.3) is 5.91 Å². The van der Waals surface area contributed by atoms with Crippen molar-refractivity contribution >= 4 is 28.5 Å². The average Bonchev–Trinajstić information content (AvgIpc) is 2.60. The van der Waals surface area contributed by atoms with Gasteiger partial charge in [0.1, 0.15) is 11.1 Å². The fourth-order valence-corrected chi connectivity index (χ4v) is 2.13. The fourth-order valence-electron chi connectivity index (χ4n) is 2.13. The Morgan fingerprint density at radius 1 is 1.00 bits per heavy atom. The van der Waals surface area contributed by atoms with Gasteiger partial charge in [0.2, 0.25) is 0 Å². The zero-order valence-electron chi connectivity index (χ0n) is 12.5. The quantitative estimate of drug-likeness (QED) is 0.589. The molecule has 2 aromatic carbocycles. The lowest BCUT2D eigenvalue weighted by atomic mass is 10.2. The lowest BCUT2D eigenvalue weighted by molar-refractivity contribution is -0.119. The van der Waals surface area contributed by atoms with Gasteiger partial charge in [-0.25, -0.2) is 9.59 Å². The van der Waals surface area contributed by atoms with Crippen LogP contribution < -0.4 is 10.9 Å². The molecular weight excluding hydrogens is 310 g/mol. The molecule has 6 nitrogen and oxygen atoms in total. The van der Waals surface area contributed by atoms with Gasteiger partial charge < -0.3 is 14.5 Å². The molecule has 6 heteroatoms. The van der Waals surface area contributed by atoms with Crippen molar-refractivity contribution in [1.29, 1.82) is 0 Å². The van der Waals surface area contributed by atoms with E-state index in [1.165, 1.54) is 6.07 Å². The maximum Gasteiger partial charge on any atom is 0.351 e. The second kappa shape index (κ2) is 6.78. The van der Waals surface area contributed by atoms with Crippen LogP contribution in [0.25, 0.3) is 11.0 Å². The molecule has 1 heterocycles. The maximum absolute atomic E-state index is 12.0. The van der Waals surface area contributed by atoms with Crippen LogP contribution in [-0.4, -0.2) is 18.5 Å². The minimum Gasteiger partial charge on any atom is -0.452 e. The third-order valence-corrected chi connectivity index (χ3v) is 3.25. The molecular formula is C18H13NO5. The minimum atomic E-state index is -0.905. The van der Waals surface area contributed by atoms with Gasteiger partial charge in [-0.05, 0) is 24.3 Å². The number of hydrogen-bond donors (Lipinski definition) is 1. The highest BCUT2D eigenvalue weighted by Crippen LogP contribution is 2.13. The monoisotopic (exact) mass is 323 g/mol. The molecule has 1 amide bonds. The molecule has 0 unspecified atom stereocenters. The largest absolute Gasteiger partial charge is 0.452 e. The smallest absolute Gasteiger partial charge is 0.351 e. The Bertz CT molecular complexity index is 946. The second-order valence-corrected chi connectivity index (χ2v) is 4.98. The van der Waals surface area contributed by atoms with Gasteiger partial charge in [-0.15, -0.1) is 0 Å². The summed E-state index contributed by atoms with van der Waals surface area (Å²) in [7, 11) is 0. The summed E-state index contributed by atoms with van der Waals surface area (Å²) >= 11 is 0. The zero-order valence-corrected chi connectivity index (χ0v) is 12.5. The predicted molar refractivity (Wildman–Crippen MR) is 87.8 cm³/mol. The number of para-hydroxylation sites is 2. The van der Waals surface area contributed by atoms with E-state index in [-0.39, 0.29) is 5.56 Å². The van der Waals surface area contributed by atoms with Crippen molar-refractivity contribution in [2.75, 3.05) is 11.9 Å². The number of nitrogens with one attached hydrogen (secondary N) is 1. The van der Waals surface area contributed by atoms with Gasteiger partial charge in [-0.3, -0.25) is 4.79 Å². The summed E-state index contributed by atoms with van der Waals surface area (Å²) in [6.07, 6.45) is 0. The van der Waals surface area contributed by atoms with Crippen molar-refractivity contribution in [1.82, 2.24) is 0 Å². The third-order valence-electron chi connectivity index (χ3n) is 3.25. The second-order valence-electron chi connectivity index (χ2n) is 4.98. The predicted octanol–water partition coefficient (Wildman–Crippen LogP) is 2.59. The number of hydrogen-bond acceptors (Lipinski definition) is 5. The third kappa shape index (κ3) is 3.49. The lowest BCUT2D eigenvalue weighted by Crippen LogP contribution is -2.23. The first-order chi connectivity index (χ1) is 11.6. The number of esters is 1. The van der Waals surface area contributed by atoms with Crippen LogP contribution >= 0.6 is 0 Å². The van der Waals surface area contributed by atoms with E-state index in [4.69, 9.17) is 9.15 Å². The van der Waals surface area contributed by atoms with Gasteiger partial charge in [-0.1, -0.05) is 36.4 Å². The molecule has 0 aliphatic carbocycles. The van der Waals surface area contributed by atoms with E-state index >= 15 is 0 Å². The highest BCUT2D eigenvalue weighted by atomic mass is 16.5. The maximum atomic E-state index is 12.0. The Morgan fingerprint density at radius 3 is 2.50 bits per heavy atom. The molecule has 0 bridgehead atoms. The number of anilines is 1. The normalized spacial score (nSPS) is 10.3. The molecule has 120 valence electrons. The molecule has 0 atom stereocenters. The molecule has 1 N–H and O–H groups in total. The zero-order chi connectivity index (χ0) is 16.9. The van der Waals surface area contributed by atoms with Gasteiger partial charge in [0, 0.05) is 11.1 Å². The van der Waals surface area contributed by atoms with E-state index < -0.39 is 24.1 Å². The molecule has 1 aromatic heterocycles. The first kappa shape index (κ1) is 15.5. The summed E-state index contributed by atoms with van der Waals surface area (Å²) in [5, 5.41) is 3.17. The summed E-state index contributed by atoms with van der Waals surface area (Å²) in [4.78, 5) is 35.6. The van der Waals surface area contributed by atoms with E-state index in [0.717, 1.165) is 0 Å². The molecule has 0 radical (unpaired) electrons. The van der Waals surface area contributed by atoms with Crippen LogP contribution in [0.1, 0.15) is 10.4 Å². The molecule has 0 spiro atoms. The van der Waals surface area contributed by atoms with Crippen LogP contribution in [0.15, 0.2) is 69.9 Å². The summed E-state index contributed by atoms with van der Waals surface area (Å²) in [5.41, 5.74) is -0.0898. The van der Waals surface area contributed by atoms with E-state index in [0.29, 0.717) is 16.7 Å². The summed E-state index contributed by atoms with van der Waals surface area (Å²) in [6.45, 7) is -0.500. The van der Waals surface area contributed by atoms with Crippen molar-refractivity contribution in [2.45, 2.75) is 0 Å². The number of fused-ring (bicyclic) bond motifs is 1. The number of ether oxygens (including phenoxy) is 1. The van der Waals surface area contributed by atoms with Crippen LogP contribution in [0.5, 0.6) is 0 Å². The highest BCUT2D eigenvalue weighted by molar-refractivity contribution is 5.96. The Morgan fingerprint density at radius 2 is 1.71 bits per heavy atom. The van der Waals surface area contributed by atoms with Crippen molar-refractivity contribution in [2.24, 2.45) is 0 Å². The van der Waals surface area contributed by atoms with E-state index in [1.807, 2.05) is 6.07 Å². The minimum absolute atomic E-state index is 0.249. The number of benzene rings is 2. The number of carbonyl (C=O) groups excluding carboxylic acids is 2. The molecule has 3 rings (SSSR count). The van der Waals surface area contributed by atoms with E-state index in [2.05, 4.69) is 5.32 Å². The first-order valence-electron chi connectivity index (χ1n) is 7.18. The number of rotatable bonds is 4. The molecule has 0 fully saturated rings. The Labute approximate surface area is 136 Å². The lowest BCUT2D eigenvalue weighted by Gasteiger charge is -2.06. The topological polar surface area (TPSA) is 85.6 Å². The molecule has 3 aromatic rings. The van der Waals surface area contributed by atoms with Gasteiger partial charge in [0.05, 0.1) is 0 Å². The molecule has 0 saturated carbocycles. The van der Waals surface area contributed by atoms with Crippen LogP contribution in [0, 0.1) is 0 Å². The van der Waals surface area contributed by atoms with E-state index in [9.17, 15) is 14.4 Å². The number of amides is 1. The molecule has 0 aliphatic rings. The summed E-state index contributed by atoms with van der Waals surface area (Å²) < 4.78 is 9.94. The Kier molecular flexibility index (Phi) is 4.38. The summed E-state index contributed by atoms with van der Waals surface area (Å²) in [5.74, 6) is -1.41. The molecule has 0 saturated heterocycles. The van der Waals surface area contributed by atoms with Crippen LogP contribution in [0.2, 0.25) is 0 Å². The van der Waals surface area contributed by atoms with Gasteiger partial charge >= 0.3 is 11.6 Å². The Balaban J connectivity index is 1.68. The Hall–Kier alpha value is -3.41. The fraction of sp³-hybridized carbons (Fsp3) is 0.0556. The van der Waals surface area contributed by atoms with Crippen LogP contribution in [-0.2, 0) is 9.53 Å². The van der Waals surface area contributed by atoms with Crippen molar-refractivity contribution in [3.05, 3.63) is 76.6 Å². The standard InChI is InChI=1S/C18H13NO5/c20-16(19-13-7-2-1-3-8-13)11-23-17(21)14-10-12-6-4-5-9-15(12)24-18(14)22/h1-10H,11H2,(H,19,20). The SMILES string of the molecule is O=C(COC(=O)c1cc2ccccc2oc1=O)Nc1ccccc1. The van der Waals surface area contributed by atoms with Crippen molar-refractivity contribution in [3.8, 4) is 0 Å². The van der Waals surface area contributed by atoms with Crippen molar-refractivity contribution < 1.29 is 18.7 Å². The van der Waals surface area contributed by atoms with Crippen LogP contribution in [0.3, 0.4) is 0 Å². The molecule has 0 aliphatic heterocycles. The van der Waals surface area contributed by atoms with Gasteiger partial charge in [-0.2, -0.15) is 0 Å². The van der Waals surface area contributed by atoms with Crippen molar-refractivity contribution in [3.63, 3.8) is 0 Å². The van der Waals surface area contributed by atoms with Crippen LogP contribution in [0.4, 0.5) is 5.69 Å². The first-order valence-corrected chi connectivity index (χ1v) is 7.18. The average molecular weight is 323 g/mol. The highest BCUT2D eigenvalue weighted by Gasteiger charge is 2.16. The summed E-state index contributed by atoms with van der Waals surface area (Å²) in [6, 6.07) is 16.9. The molecule has 24 heavy (non-hydrogen) atoms. The van der Waals surface area contributed by atoms with E-state index in [1.54, 1.807) is 48.5 Å². The van der Waals surface area contributed by atoms with Gasteiger partial charge in [0.15, 0.2) is 6.61 Å². The number of carbonyl (C=O) groups is 2.